The number of terminal acetylenes is 1. The molecule has 0 spiro atoms. The number of ether oxygens (including phenoxy) is 1. The molecule has 0 atom stereocenters. The van der Waals surface area contributed by atoms with E-state index in [4.69, 9.17) is 11.2 Å². The first-order valence-corrected chi connectivity index (χ1v) is 6.23. The summed E-state index contributed by atoms with van der Waals surface area (Å²) < 4.78 is 6.51. The molecule has 3 heteroatoms. The van der Waals surface area contributed by atoms with Crippen molar-refractivity contribution in [2.45, 2.75) is 13.0 Å². The van der Waals surface area contributed by atoms with Crippen molar-refractivity contribution in [3.63, 3.8) is 0 Å². The standard InChI is InChI=1S/C14H16BrNO/c1-3-5-8-16-11-12-10-13(15)6-7-14(12)17-9-4-2/h2-3,6-7,10,16H,1,5,8-9,11H2. The van der Waals surface area contributed by atoms with Crippen molar-refractivity contribution in [3.05, 3.63) is 40.9 Å². The number of halogens is 1. The van der Waals surface area contributed by atoms with Crippen LogP contribution in [0, 0.1) is 12.3 Å². The molecule has 0 aliphatic carbocycles. The molecular weight excluding hydrogens is 278 g/mol. The highest BCUT2D eigenvalue weighted by molar-refractivity contribution is 9.10. The van der Waals surface area contributed by atoms with Crippen LogP contribution in [0.1, 0.15) is 12.0 Å². The van der Waals surface area contributed by atoms with E-state index in [-0.39, 0.29) is 0 Å². The Morgan fingerprint density at radius 2 is 2.35 bits per heavy atom. The van der Waals surface area contributed by atoms with Crippen molar-refractivity contribution < 1.29 is 4.74 Å². The van der Waals surface area contributed by atoms with E-state index in [0.29, 0.717) is 6.61 Å². The molecule has 0 aliphatic rings. The van der Waals surface area contributed by atoms with Crippen LogP contribution in [-0.4, -0.2) is 13.2 Å². The van der Waals surface area contributed by atoms with Crippen LogP contribution < -0.4 is 10.1 Å². The second-order valence-electron chi connectivity index (χ2n) is 3.50. The lowest BCUT2D eigenvalue weighted by molar-refractivity contribution is 0.365. The van der Waals surface area contributed by atoms with E-state index in [1.54, 1.807) is 0 Å². The van der Waals surface area contributed by atoms with Crippen molar-refractivity contribution in [2.24, 2.45) is 0 Å². The van der Waals surface area contributed by atoms with E-state index < -0.39 is 0 Å². The molecule has 0 radical (unpaired) electrons. The molecule has 0 heterocycles. The first-order chi connectivity index (χ1) is 8.27. The van der Waals surface area contributed by atoms with Gasteiger partial charge in [-0.15, -0.1) is 13.0 Å². The predicted octanol–water partition coefficient (Wildman–Crippen LogP) is 3.13. The first kappa shape index (κ1) is 13.8. The third-order valence-corrected chi connectivity index (χ3v) is 2.67. The van der Waals surface area contributed by atoms with Gasteiger partial charge in [0, 0.05) is 16.6 Å². The monoisotopic (exact) mass is 293 g/mol. The predicted molar refractivity (Wildman–Crippen MR) is 75.0 cm³/mol. The Balaban J connectivity index is 2.63. The van der Waals surface area contributed by atoms with E-state index in [1.165, 1.54) is 0 Å². The molecule has 0 amide bonds. The lowest BCUT2D eigenvalue weighted by atomic mass is 10.2. The van der Waals surface area contributed by atoms with Gasteiger partial charge in [-0.25, -0.2) is 0 Å². The van der Waals surface area contributed by atoms with Gasteiger partial charge in [0.2, 0.25) is 0 Å². The summed E-state index contributed by atoms with van der Waals surface area (Å²) in [6.45, 7) is 5.64. The molecule has 17 heavy (non-hydrogen) atoms. The van der Waals surface area contributed by atoms with Gasteiger partial charge < -0.3 is 10.1 Å². The SMILES string of the molecule is C#CCOc1ccc(Br)cc1CNCCC=C. The topological polar surface area (TPSA) is 21.3 Å². The molecule has 1 N–H and O–H groups in total. The van der Waals surface area contributed by atoms with Crippen molar-refractivity contribution >= 4 is 15.9 Å². The fraction of sp³-hybridized carbons (Fsp3) is 0.286. The Labute approximate surface area is 111 Å². The minimum atomic E-state index is 0.293. The zero-order valence-electron chi connectivity index (χ0n) is 9.71. The van der Waals surface area contributed by atoms with E-state index in [0.717, 1.165) is 35.3 Å². The molecule has 0 aliphatic heterocycles. The van der Waals surface area contributed by atoms with E-state index in [2.05, 4.69) is 33.7 Å². The third-order valence-electron chi connectivity index (χ3n) is 2.17. The van der Waals surface area contributed by atoms with Gasteiger partial charge in [0.1, 0.15) is 12.4 Å². The fourth-order valence-corrected chi connectivity index (χ4v) is 1.78. The summed E-state index contributed by atoms with van der Waals surface area (Å²) in [6.07, 6.45) is 8.03. The smallest absolute Gasteiger partial charge is 0.148 e. The molecule has 0 saturated heterocycles. The molecule has 0 fully saturated rings. The molecule has 1 aromatic carbocycles. The van der Waals surface area contributed by atoms with Gasteiger partial charge >= 0.3 is 0 Å². The number of nitrogens with one attached hydrogen (secondary N) is 1. The molecule has 90 valence electrons. The molecule has 0 bridgehead atoms. The third kappa shape index (κ3) is 5.08. The summed E-state index contributed by atoms with van der Waals surface area (Å²) in [6, 6.07) is 5.90. The van der Waals surface area contributed by atoms with Gasteiger partial charge in [-0.1, -0.05) is 27.9 Å². The van der Waals surface area contributed by atoms with Crippen LogP contribution in [0.2, 0.25) is 0 Å². The summed E-state index contributed by atoms with van der Waals surface area (Å²) in [5, 5.41) is 3.32. The summed E-state index contributed by atoms with van der Waals surface area (Å²) in [5.74, 6) is 3.30. The van der Waals surface area contributed by atoms with Gasteiger partial charge in [-0.3, -0.25) is 0 Å². The van der Waals surface area contributed by atoms with Gasteiger partial charge in [-0.05, 0) is 31.2 Å². The Morgan fingerprint density at radius 3 is 3.06 bits per heavy atom. The number of benzene rings is 1. The van der Waals surface area contributed by atoms with Crippen LogP contribution in [0.25, 0.3) is 0 Å². The highest BCUT2D eigenvalue weighted by atomic mass is 79.9. The maximum atomic E-state index is 5.48. The summed E-state index contributed by atoms with van der Waals surface area (Å²) in [4.78, 5) is 0. The van der Waals surface area contributed by atoms with E-state index in [9.17, 15) is 0 Å². The second-order valence-corrected chi connectivity index (χ2v) is 4.41. The molecule has 1 rings (SSSR count). The summed E-state index contributed by atoms with van der Waals surface area (Å²) in [5.41, 5.74) is 1.10. The van der Waals surface area contributed by atoms with E-state index in [1.807, 2.05) is 24.3 Å². The minimum Gasteiger partial charge on any atom is -0.481 e. The maximum Gasteiger partial charge on any atom is 0.148 e. The Bertz CT molecular complexity index is 409. The second kappa shape index (κ2) is 7.94. The largest absolute Gasteiger partial charge is 0.481 e. The number of hydrogen-bond acceptors (Lipinski definition) is 2. The van der Waals surface area contributed by atoms with Crippen molar-refractivity contribution in [1.82, 2.24) is 5.32 Å². The van der Waals surface area contributed by atoms with Gasteiger partial charge in [0.05, 0.1) is 0 Å². The van der Waals surface area contributed by atoms with Crippen molar-refractivity contribution in [1.29, 1.82) is 0 Å². The molecular formula is C14H16BrNO. The molecule has 2 nitrogen and oxygen atoms in total. The first-order valence-electron chi connectivity index (χ1n) is 5.44. The highest BCUT2D eigenvalue weighted by Crippen LogP contribution is 2.23. The van der Waals surface area contributed by atoms with Gasteiger partial charge in [-0.2, -0.15) is 0 Å². The zero-order chi connectivity index (χ0) is 12.5. The van der Waals surface area contributed by atoms with Crippen LogP contribution in [0.5, 0.6) is 5.75 Å². The average molecular weight is 294 g/mol. The van der Waals surface area contributed by atoms with Gasteiger partial charge in [0.15, 0.2) is 0 Å². The Kier molecular flexibility index (Phi) is 6.46. The fourth-order valence-electron chi connectivity index (χ4n) is 1.37. The quantitative estimate of drug-likeness (QED) is 0.474. The van der Waals surface area contributed by atoms with E-state index >= 15 is 0 Å². The molecule has 1 aromatic rings. The summed E-state index contributed by atoms with van der Waals surface area (Å²) in [7, 11) is 0. The van der Waals surface area contributed by atoms with Gasteiger partial charge in [0.25, 0.3) is 0 Å². The van der Waals surface area contributed by atoms with Crippen molar-refractivity contribution in [2.75, 3.05) is 13.2 Å². The lowest BCUT2D eigenvalue weighted by Gasteiger charge is -2.11. The molecule has 0 unspecified atom stereocenters. The summed E-state index contributed by atoms with van der Waals surface area (Å²) >= 11 is 3.45. The normalized spacial score (nSPS) is 9.65. The molecule has 0 aromatic heterocycles. The number of hydrogen-bond donors (Lipinski definition) is 1. The number of rotatable bonds is 7. The van der Waals surface area contributed by atoms with Crippen LogP contribution in [-0.2, 0) is 6.54 Å². The van der Waals surface area contributed by atoms with Crippen molar-refractivity contribution in [3.8, 4) is 18.1 Å². The Hall–Kier alpha value is -1.24. The average Bonchev–Trinajstić information content (AvgIpc) is 2.33. The molecule has 0 saturated carbocycles. The van der Waals surface area contributed by atoms with Crippen LogP contribution in [0.3, 0.4) is 0 Å². The maximum absolute atomic E-state index is 5.48. The zero-order valence-corrected chi connectivity index (χ0v) is 11.3. The minimum absolute atomic E-state index is 0.293. The highest BCUT2D eigenvalue weighted by Gasteiger charge is 2.03. The van der Waals surface area contributed by atoms with Crippen LogP contribution in [0.4, 0.5) is 0 Å². The lowest BCUT2D eigenvalue weighted by Crippen LogP contribution is -2.15. The van der Waals surface area contributed by atoms with Crippen LogP contribution >= 0.6 is 15.9 Å². The van der Waals surface area contributed by atoms with Crippen LogP contribution in [0.15, 0.2) is 35.3 Å². The Morgan fingerprint density at radius 1 is 1.53 bits per heavy atom.